The van der Waals surface area contributed by atoms with Gasteiger partial charge in [0.05, 0.1) is 12.7 Å². The van der Waals surface area contributed by atoms with E-state index < -0.39 is 0 Å². The minimum Gasteiger partial charge on any atom is -0.500 e. The largest absolute Gasteiger partial charge is 0.500 e. The van der Waals surface area contributed by atoms with Gasteiger partial charge in [0.1, 0.15) is 5.76 Å². The molecule has 0 bridgehead atoms. The molecule has 1 atom stereocenters. The van der Waals surface area contributed by atoms with Crippen molar-refractivity contribution >= 4 is 5.91 Å². The summed E-state index contributed by atoms with van der Waals surface area (Å²) in [6.07, 6.45) is 4.59. The minimum absolute atomic E-state index is 0.0143. The number of amides is 1. The van der Waals surface area contributed by atoms with Crippen LogP contribution in [-0.2, 0) is 9.53 Å². The van der Waals surface area contributed by atoms with Gasteiger partial charge in [-0.2, -0.15) is 0 Å². The van der Waals surface area contributed by atoms with Gasteiger partial charge in [-0.1, -0.05) is 20.8 Å². The summed E-state index contributed by atoms with van der Waals surface area (Å²) in [5.74, 6) is 1.78. The summed E-state index contributed by atoms with van der Waals surface area (Å²) in [6.45, 7) is 9.49. The molecular weight excluding hydrogens is 238 g/mol. The van der Waals surface area contributed by atoms with Crippen LogP contribution in [0.15, 0.2) is 11.3 Å². The molecule has 3 heteroatoms. The molecule has 2 aliphatic rings. The van der Waals surface area contributed by atoms with Crippen molar-refractivity contribution in [2.24, 2.45) is 11.3 Å². The lowest BCUT2D eigenvalue weighted by Gasteiger charge is -2.42. The van der Waals surface area contributed by atoms with Crippen molar-refractivity contribution in [3.8, 4) is 0 Å². The lowest BCUT2D eigenvalue weighted by Crippen LogP contribution is -2.48. The molecule has 0 saturated heterocycles. The molecule has 0 radical (unpaired) electrons. The molecule has 0 N–H and O–H groups in total. The second-order valence-electron chi connectivity index (χ2n) is 6.82. The molecule has 1 fully saturated rings. The third kappa shape index (κ3) is 2.80. The zero-order valence-corrected chi connectivity index (χ0v) is 13.0. The fourth-order valence-corrected chi connectivity index (χ4v) is 3.17. The molecule has 0 aromatic carbocycles. The first-order valence-electron chi connectivity index (χ1n) is 7.45. The summed E-state index contributed by atoms with van der Waals surface area (Å²) in [6, 6.07) is 0.485. The number of nitrogens with zero attached hydrogens (tertiary/aromatic N) is 1. The SMILES string of the molecule is COC1=C(C)C(=O)N(C2CC2)CC1(C)CCC(C)C. The fourth-order valence-electron chi connectivity index (χ4n) is 3.17. The highest BCUT2D eigenvalue weighted by atomic mass is 16.5. The summed E-state index contributed by atoms with van der Waals surface area (Å²) >= 11 is 0. The van der Waals surface area contributed by atoms with Gasteiger partial charge >= 0.3 is 0 Å². The highest BCUT2D eigenvalue weighted by Gasteiger charge is 2.45. The van der Waals surface area contributed by atoms with E-state index in [2.05, 4.69) is 25.7 Å². The van der Waals surface area contributed by atoms with Gasteiger partial charge in [-0.05, 0) is 38.5 Å². The highest BCUT2D eigenvalue weighted by Crippen LogP contribution is 2.43. The lowest BCUT2D eigenvalue weighted by atomic mass is 9.77. The molecular formula is C16H27NO2. The molecule has 1 unspecified atom stereocenters. The number of hydrogen-bond donors (Lipinski definition) is 0. The third-order valence-corrected chi connectivity index (χ3v) is 4.45. The molecule has 2 rings (SSSR count). The number of methoxy groups -OCH3 is 1. The van der Waals surface area contributed by atoms with Gasteiger partial charge in [0, 0.05) is 18.0 Å². The van der Waals surface area contributed by atoms with Crippen molar-refractivity contribution in [1.82, 2.24) is 4.90 Å². The van der Waals surface area contributed by atoms with E-state index in [0.29, 0.717) is 12.0 Å². The summed E-state index contributed by atoms with van der Waals surface area (Å²) < 4.78 is 5.60. The molecule has 108 valence electrons. The summed E-state index contributed by atoms with van der Waals surface area (Å²) in [4.78, 5) is 14.5. The van der Waals surface area contributed by atoms with Gasteiger partial charge in [-0.15, -0.1) is 0 Å². The van der Waals surface area contributed by atoms with Crippen LogP contribution in [0, 0.1) is 11.3 Å². The normalized spacial score (nSPS) is 28.3. The maximum atomic E-state index is 12.4. The van der Waals surface area contributed by atoms with Crippen LogP contribution in [0.25, 0.3) is 0 Å². The Balaban J connectivity index is 2.26. The minimum atomic E-state index is -0.0143. The zero-order valence-electron chi connectivity index (χ0n) is 13.0. The van der Waals surface area contributed by atoms with E-state index in [1.807, 2.05) is 6.92 Å². The predicted molar refractivity (Wildman–Crippen MR) is 76.6 cm³/mol. The number of hydrogen-bond acceptors (Lipinski definition) is 2. The summed E-state index contributed by atoms with van der Waals surface area (Å²) in [7, 11) is 1.70. The van der Waals surface area contributed by atoms with Crippen LogP contribution in [0.4, 0.5) is 0 Å². The molecule has 1 heterocycles. The predicted octanol–water partition coefficient (Wildman–Crippen LogP) is 3.35. The highest BCUT2D eigenvalue weighted by molar-refractivity contribution is 5.95. The molecule has 19 heavy (non-hydrogen) atoms. The fraction of sp³-hybridized carbons (Fsp3) is 0.812. The van der Waals surface area contributed by atoms with E-state index >= 15 is 0 Å². The van der Waals surface area contributed by atoms with Gasteiger partial charge in [0.25, 0.3) is 5.91 Å². The van der Waals surface area contributed by atoms with Crippen molar-refractivity contribution in [3.63, 3.8) is 0 Å². The Labute approximate surface area is 117 Å². The monoisotopic (exact) mass is 265 g/mol. The van der Waals surface area contributed by atoms with E-state index in [4.69, 9.17) is 4.74 Å². The smallest absolute Gasteiger partial charge is 0.253 e. The van der Waals surface area contributed by atoms with Crippen molar-refractivity contribution in [2.75, 3.05) is 13.7 Å². The van der Waals surface area contributed by atoms with Crippen molar-refractivity contribution in [1.29, 1.82) is 0 Å². The van der Waals surface area contributed by atoms with Crippen molar-refractivity contribution < 1.29 is 9.53 Å². The molecule has 0 aromatic heterocycles. The lowest BCUT2D eigenvalue weighted by molar-refractivity contribution is -0.131. The first-order chi connectivity index (χ1) is 8.89. The van der Waals surface area contributed by atoms with Crippen LogP contribution in [-0.4, -0.2) is 30.5 Å². The van der Waals surface area contributed by atoms with E-state index in [1.54, 1.807) is 7.11 Å². The van der Waals surface area contributed by atoms with Crippen LogP contribution < -0.4 is 0 Å². The molecule has 1 aliphatic carbocycles. The van der Waals surface area contributed by atoms with Crippen LogP contribution in [0.5, 0.6) is 0 Å². The molecule has 1 saturated carbocycles. The van der Waals surface area contributed by atoms with Gasteiger partial charge in [-0.25, -0.2) is 0 Å². The van der Waals surface area contributed by atoms with Crippen molar-refractivity contribution in [3.05, 3.63) is 11.3 Å². The molecule has 1 aliphatic heterocycles. The van der Waals surface area contributed by atoms with Crippen LogP contribution in [0.1, 0.15) is 53.4 Å². The molecule has 3 nitrogen and oxygen atoms in total. The number of ether oxygens (including phenoxy) is 1. The average molecular weight is 265 g/mol. The Morgan fingerprint density at radius 1 is 1.42 bits per heavy atom. The van der Waals surface area contributed by atoms with Gasteiger partial charge in [0.15, 0.2) is 0 Å². The quantitative estimate of drug-likeness (QED) is 0.763. The second kappa shape index (κ2) is 5.18. The Hall–Kier alpha value is -0.990. The number of carbonyl (C=O) groups is 1. The maximum absolute atomic E-state index is 12.4. The standard InChI is InChI=1S/C16H27NO2/c1-11(2)8-9-16(4)10-17(13-6-7-13)15(18)12(3)14(16)19-5/h11,13H,6-10H2,1-5H3. The van der Waals surface area contributed by atoms with Gasteiger partial charge < -0.3 is 9.64 Å². The second-order valence-corrected chi connectivity index (χ2v) is 6.82. The first kappa shape index (κ1) is 14.4. The van der Waals surface area contributed by atoms with E-state index in [0.717, 1.165) is 24.3 Å². The number of carbonyl (C=O) groups excluding carboxylic acids is 1. The Morgan fingerprint density at radius 3 is 2.53 bits per heavy atom. The van der Waals surface area contributed by atoms with Gasteiger partial charge in [0.2, 0.25) is 0 Å². The Kier molecular flexibility index (Phi) is 3.93. The third-order valence-electron chi connectivity index (χ3n) is 4.45. The van der Waals surface area contributed by atoms with Crippen molar-refractivity contribution in [2.45, 2.75) is 59.4 Å². The molecule has 1 amide bonds. The zero-order chi connectivity index (χ0) is 14.2. The molecule has 0 spiro atoms. The first-order valence-corrected chi connectivity index (χ1v) is 7.45. The van der Waals surface area contributed by atoms with E-state index in [1.165, 1.54) is 19.3 Å². The van der Waals surface area contributed by atoms with E-state index in [-0.39, 0.29) is 11.3 Å². The van der Waals surface area contributed by atoms with Gasteiger partial charge in [-0.3, -0.25) is 4.79 Å². The van der Waals surface area contributed by atoms with E-state index in [9.17, 15) is 4.79 Å². The number of rotatable bonds is 5. The van der Waals surface area contributed by atoms with Crippen LogP contribution in [0.3, 0.4) is 0 Å². The van der Waals surface area contributed by atoms with Crippen LogP contribution >= 0.6 is 0 Å². The van der Waals surface area contributed by atoms with Crippen LogP contribution in [0.2, 0.25) is 0 Å². The topological polar surface area (TPSA) is 29.5 Å². The Morgan fingerprint density at radius 2 is 2.05 bits per heavy atom. The summed E-state index contributed by atoms with van der Waals surface area (Å²) in [5, 5.41) is 0. The molecule has 0 aromatic rings. The Bertz CT molecular complexity index is 396. The summed E-state index contributed by atoms with van der Waals surface area (Å²) in [5.41, 5.74) is 0.798. The average Bonchev–Trinajstić information content (AvgIpc) is 3.16. The maximum Gasteiger partial charge on any atom is 0.253 e.